The number of fused-ring (bicyclic) bond motifs is 1. The third kappa shape index (κ3) is 6.40. The van der Waals surface area contributed by atoms with Crippen molar-refractivity contribution in [2.45, 2.75) is 45.3 Å². The second kappa shape index (κ2) is 12.9. The molecule has 3 heterocycles. The van der Waals surface area contributed by atoms with Gasteiger partial charge >= 0.3 is 0 Å². The minimum atomic E-state index is -0.525. The van der Waals surface area contributed by atoms with E-state index < -0.39 is 5.82 Å². The summed E-state index contributed by atoms with van der Waals surface area (Å²) >= 11 is 12.9. The first kappa shape index (κ1) is 30.0. The first-order chi connectivity index (χ1) is 21.3. The number of pyridine rings is 1. The number of hydrazine groups is 2. The van der Waals surface area contributed by atoms with E-state index >= 15 is 0 Å². The van der Waals surface area contributed by atoms with E-state index in [1.165, 1.54) is 36.7 Å². The summed E-state index contributed by atoms with van der Waals surface area (Å²) in [6.45, 7) is 7.38. The van der Waals surface area contributed by atoms with Gasteiger partial charge in [0, 0.05) is 41.7 Å². The number of likely N-dealkylation sites (tertiary alicyclic amines) is 1. The van der Waals surface area contributed by atoms with Crippen molar-refractivity contribution in [3.05, 3.63) is 105 Å². The van der Waals surface area contributed by atoms with Crippen LogP contribution in [-0.2, 0) is 6.54 Å². The maximum Gasteiger partial charge on any atom is 0.141 e. The molecule has 44 heavy (non-hydrogen) atoms. The molecule has 1 atom stereocenters. The smallest absolute Gasteiger partial charge is 0.141 e. The molecule has 4 N–H and O–H groups in total. The molecular weight excluding hydrogens is 598 g/mol. The van der Waals surface area contributed by atoms with Crippen LogP contribution in [0.2, 0.25) is 10.0 Å². The third-order valence-corrected chi connectivity index (χ3v) is 8.49. The Balaban J connectivity index is 1.40. The Morgan fingerprint density at radius 1 is 1.05 bits per heavy atom. The molecule has 11 heteroatoms. The third-order valence-electron chi connectivity index (χ3n) is 7.91. The van der Waals surface area contributed by atoms with Crippen molar-refractivity contribution in [1.82, 2.24) is 25.9 Å². The molecule has 1 fully saturated rings. The van der Waals surface area contributed by atoms with Crippen molar-refractivity contribution in [3.8, 4) is 6.07 Å². The summed E-state index contributed by atoms with van der Waals surface area (Å²) in [5.41, 5.74) is 12.5. The van der Waals surface area contributed by atoms with Crippen molar-refractivity contribution in [2.24, 2.45) is 0 Å². The zero-order valence-corrected chi connectivity index (χ0v) is 26.0. The molecule has 2 aliphatic heterocycles. The summed E-state index contributed by atoms with van der Waals surface area (Å²) in [6.07, 6.45) is 6.03. The fourth-order valence-corrected chi connectivity index (χ4v) is 6.07. The summed E-state index contributed by atoms with van der Waals surface area (Å²) in [6, 6.07) is 18.9. The van der Waals surface area contributed by atoms with Gasteiger partial charge in [-0.25, -0.2) is 4.39 Å². The zero-order chi connectivity index (χ0) is 30.8. The summed E-state index contributed by atoms with van der Waals surface area (Å²) in [5.74, 6) is -0.525. The van der Waals surface area contributed by atoms with E-state index in [0.29, 0.717) is 32.9 Å². The van der Waals surface area contributed by atoms with E-state index in [1.54, 1.807) is 6.07 Å². The predicted octanol–water partition coefficient (Wildman–Crippen LogP) is 7.62. The maximum absolute atomic E-state index is 13.9. The Morgan fingerprint density at radius 2 is 1.84 bits per heavy atom. The Hall–Kier alpha value is -4.07. The van der Waals surface area contributed by atoms with Crippen LogP contribution in [0.3, 0.4) is 0 Å². The van der Waals surface area contributed by atoms with E-state index in [-0.39, 0.29) is 17.1 Å². The largest absolute Gasteiger partial charge is 0.373 e. The number of nitrogens with zero attached hydrogens (tertiary/aromatic N) is 4. The topological polar surface area (TPSA) is 91.3 Å². The van der Waals surface area contributed by atoms with E-state index in [4.69, 9.17) is 23.2 Å². The molecule has 8 nitrogen and oxygen atoms in total. The van der Waals surface area contributed by atoms with Crippen molar-refractivity contribution in [1.29, 1.82) is 5.26 Å². The number of rotatable bonds is 9. The molecule has 1 aromatic heterocycles. The molecule has 0 spiro atoms. The molecule has 0 aliphatic carbocycles. The molecule has 1 saturated heterocycles. The number of halogens is 3. The quantitative estimate of drug-likeness (QED) is 0.150. The second-order valence-corrected chi connectivity index (χ2v) is 12.2. The second-order valence-electron chi connectivity index (χ2n) is 11.4. The average Bonchev–Trinajstić information content (AvgIpc) is 3.71. The van der Waals surface area contributed by atoms with Crippen LogP contribution in [0.4, 0.5) is 21.5 Å². The van der Waals surface area contributed by atoms with Gasteiger partial charge in [-0.15, -0.1) is 5.53 Å². The van der Waals surface area contributed by atoms with Crippen LogP contribution < -0.4 is 21.6 Å². The predicted molar refractivity (Wildman–Crippen MR) is 175 cm³/mol. The van der Waals surface area contributed by atoms with Crippen molar-refractivity contribution in [2.75, 3.05) is 23.7 Å². The highest BCUT2D eigenvalue weighted by Gasteiger charge is 2.25. The summed E-state index contributed by atoms with van der Waals surface area (Å²) in [4.78, 5) is 6.97. The standard InChI is InChI=1S/C33H33Cl2FN8/c1-20(2)44-19-30(41-42-44)32(22-7-5-6-21(12-22)18-43-10-3-4-11-43)40-25-13-26-31(39-24-8-9-29(36)27(34)14-24)23(16-37)17-38-33(26)28(35)15-25/h5-9,12-15,17,19-20,32,40-42H,3-4,10-11,18H2,1-2H3,(H,38,39)/t32-/m0/s1. The summed E-state index contributed by atoms with van der Waals surface area (Å²) in [7, 11) is 0. The van der Waals surface area contributed by atoms with Gasteiger partial charge < -0.3 is 16.1 Å². The van der Waals surface area contributed by atoms with Crippen LogP contribution in [0.1, 0.15) is 49.4 Å². The Morgan fingerprint density at radius 3 is 2.57 bits per heavy atom. The summed E-state index contributed by atoms with van der Waals surface area (Å²) in [5, 5.41) is 19.9. The Labute approximate surface area is 266 Å². The van der Waals surface area contributed by atoms with Gasteiger partial charge in [-0.05, 0) is 81.2 Å². The monoisotopic (exact) mass is 630 g/mol. The van der Waals surface area contributed by atoms with Gasteiger partial charge in [0.25, 0.3) is 0 Å². The Bertz CT molecular complexity index is 1760. The fourth-order valence-electron chi connectivity index (χ4n) is 5.63. The van der Waals surface area contributed by atoms with Crippen LogP contribution in [0.25, 0.3) is 10.9 Å². The molecule has 0 unspecified atom stereocenters. The highest BCUT2D eigenvalue weighted by Crippen LogP contribution is 2.37. The van der Waals surface area contributed by atoms with Crippen LogP contribution >= 0.6 is 23.2 Å². The van der Waals surface area contributed by atoms with Crippen molar-refractivity contribution >= 4 is 51.2 Å². The minimum absolute atomic E-state index is 0.0246. The van der Waals surface area contributed by atoms with Gasteiger partial charge in [0.1, 0.15) is 11.9 Å². The maximum atomic E-state index is 13.9. The number of anilines is 3. The first-order valence-electron chi connectivity index (χ1n) is 14.6. The van der Waals surface area contributed by atoms with Gasteiger partial charge in [-0.3, -0.25) is 14.9 Å². The highest BCUT2D eigenvalue weighted by molar-refractivity contribution is 6.36. The Kier molecular flexibility index (Phi) is 8.78. The van der Waals surface area contributed by atoms with Crippen LogP contribution in [0.5, 0.6) is 0 Å². The minimum Gasteiger partial charge on any atom is -0.373 e. The van der Waals surface area contributed by atoms with Gasteiger partial charge in [0.05, 0.1) is 38.6 Å². The van der Waals surface area contributed by atoms with Crippen LogP contribution in [0.15, 0.2) is 72.7 Å². The molecular formula is C33H33Cl2FN8. The molecule has 2 aliphatic rings. The molecule has 0 bridgehead atoms. The number of hydrogen-bond donors (Lipinski definition) is 4. The van der Waals surface area contributed by atoms with Crippen LogP contribution in [0, 0.1) is 17.1 Å². The zero-order valence-electron chi connectivity index (χ0n) is 24.5. The normalized spacial score (nSPS) is 15.8. The molecule has 6 rings (SSSR count). The fraction of sp³-hybridized carbons (Fsp3) is 0.273. The van der Waals surface area contributed by atoms with E-state index in [9.17, 15) is 9.65 Å². The van der Waals surface area contributed by atoms with Gasteiger partial charge in [-0.2, -0.15) is 5.26 Å². The lowest BCUT2D eigenvalue weighted by molar-refractivity contribution is 0.221. The van der Waals surface area contributed by atoms with E-state index in [0.717, 1.165) is 36.6 Å². The molecule has 4 aromatic rings. The molecule has 0 saturated carbocycles. The highest BCUT2D eigenvalue weighted by atomic mass is 35.5. The van der Waals surface area contributed by atoms with Gasteiger partial charge in [0.2, 0.25) is 0 Å². The first-order valence-corrected chi connectivity index (χ1v) is 15.4. The lowest BCUT2D eigenvalue weighted by Crippen LogP contribution is -2.41. The number of aromatic nitrogens is 1. The lowest BCUT2D eigenvalue weighted by Gasteiger charge is -2.23. The van der Waals surface area contributed by atoms with Crippen LogP contribution in [-0.4, -0.2) is 34.0 Å². The SMILES string of the molecule is CC(C)N1C=C([C@@H](Nc2cc(Cl)c3ncc(C#N)c(Nc4ccc(F)c(Cl)c4)c3c2)c2cccc(CN3CCCC3)c2)NN1. The van der Waals surface area contributed by atoms with E-state index in [2.05, 4.69) is 81.9 Å². The lowest BCUT2D eigenvalue weighted by atomic mass is 10.0. The number of nitriles is 1. The molecule has 0 radical (unpaired) electrons. The van der Waals surface area contributed by atoms with Crippen molar-refractivity contribution < 1.29 is 4.39 Å². The van der Waals surface area contributed by atoms with Gasteiger partial charge in [-0.1, -0.05) is 47.5 Å². The van der Waals surface area contributed by atoms with Gasteiger partial charge in [0.15, 0.2) is 0 Å². The van der Waals surface area contributed by atoms with E-state index in [1.807, 2.05) is 17.1 Å². The van der Waals surface area contributed by atoms with Crippen molar-refractivity contribution in [3.63, 3.8) is 0 Å². The average molecular weight is 632 g/mol. The molecule has 3 aromatic carbocycles. The molecule has 0 amide bonds. The number of benzene rings is 3. The molecule has 226 valence electrons. The number of hydrogen-bond acceptors (Lipinski definition) is 8. The summed E-state index contributed by atoms with van der Waals surface area (Å²) < 4.78 is 13.9. The number of nitrogens with one attached hydrogen (secondary N) is 4.